The maximum absolute atomic E-state index is 13.4. The smallest absolute Gasteiger partial charge is 0.272 e. The van der Waals surface area contributed by atoms with E-state index in [9.17, 15) is 21.6 Å². The summed E-state index contributed by atoms with van der Waals surface area (Å²) in [4.78, 5) is -0.160. The number of H-pyrrole nitrogens is 1. The van der Waals surface area contributed by atoms with Gasteiger partial charge in [-0.25, -0.2) is 13.6 Å². The molecule has 5 nitrogen and oxygen atoms in total. The van der Waals surface area contributed by atoms with E-state index < -0.39 is 21.9 Å². The van der Waals surface area contributed by atoms with Crippen LogP contribution in [0, 0.1) is 0 Å². The lowest BCUT2D eigenvalue weighted by atomic mass is 9.98. The number of halogens is 4. The van der Waals surface area contributed by atoms with Crippen LogP contribution < -0.4 is 5.14 Å². The molecule has 26 heavy (non-hydrogen) atoms. The van der Waals surface area contributed by atoms with Crippen molar-refractivity contribution in [3.63, 3.8) is 0 Å². The minimum absolute atomic E-state index is 0.00797. The molecule has 0 fully saturated rings. The maximum Gasteiger partial charge on any atom is 0.433 e. The molecule has 1 aromatic heterocycles. The van der Waals surface area contributed by atoms with E-state index in [1.54, 1.807) is 12.1 Å². The average molecular weight is 402 g/mol. The second-order valence-electron chi connectivity index (χ2n) is 5.37. The van der Waals surface area contributed by atoms with E-state index in [2.05, 4.69) is 5.10 Å². The van der Waals surface area contributed by atoms with Gasteiger partial charge in [-0.2, -0.15) is 18.3 Å². The van der Waals surface area contributed by atoms with Gasteiger partial charge in [0.15, 0.2) is 0 Å². The van der Waals surface area contributed by atoms with Crippen molar-refractivity contribution in [2.45, 2.75) is 11.1 Å². The van der Waals surface area contributed by atoms with E-state index in [-0.39, 0.29) is 32.3 Å². The van der Waals surface area contributed by atoms with Crippen LogP contribution in [0.5, 0.6) is 0 Å². The Hall–Kier alpha value is -2.36. The van der Waals surface area contributed by atoms with Crippen LogP contribution in [0.4, 0.5) is 13.2 Å². The summed E-state index contributed by atoms with van der Waals surface area (Å²) in [7, 11) is -3.92. The Morgan fingerprint density at radius 2 is 1.65 bits per heavy atom. The SMILES string of the molecule is NS(=O)(=O)c1ccc(-c2n[nH]c(C(F)(F)F)c2-c2ccccc2Cl)cc1. The lowest BCUT2D eigenvalue weighted by Crippen LogP contribution is -2.11. The number of aromatic amines is 1. The first kappa shape index (κ1) is 18.4. The highest BCUT2D eigenvalue weighted by atomic mass is 35.5. The molecule has 0 aliphatic rings. The molecular formula is C16H11ClF3N3O2S. The number of nitrogens with zero attached hydrogens (tertiary/aromatic N) is 1. The largest absolute Gasteiger partial charge is 0.433 e. The number of alkyl halides is 3. The molecule has 0 aliphatic heterocycles. The van der Waals surface area contributed by atoms with Crippen molar-refractivity contribution >= 4 is 21.6 Å². The molecule has 3 rings (SSSR count). The zero-order chi connectivity index (χ0) is 19.1. The lowest BCUT2D eigenvalue weighted by Gasteiger charge is -2.11. The summed E-state index contributed by atoms with van der Waals surface area (Å²) in [6, 6.07) is 11.1. The summed E-state index contributed by atoms with van der Waals surface area (Å²) in [6.45, 7) is 0. The van der Waals surface area contributed by atoms with Crippen LogP contribution in [0.2, 0.25) is 5.02 Å². The van der Waals surface area contributed by atoms with Crippen LogP contribution in [0.15, 0.2) is 53.4 Å². The molecule has 1 heterocycles. The number of hydrogen-bond acceptors (Lipinski definition) is 3. The predicted molar refractivity (Wildman–Crippen MR) is 90.8 cm³/mol. The van der Waals surface area contributed by atoms with Crippen LogP contribution in [-0.2, 0) is 16.2 Å². The fourth-order valence-corrected chi connectivity index (χ4v) is 3.23. The third-order valence-electron chi connectivity index (χ3n) is 3.65. The number of nitrogens with one attached hydrogen (secondary N) is 1. The Morgan fingerprint density at radius 1 is 1.04 bits per heavy atom. The minimum atomic E-state index is -4.68. The van der Waals surface area contributed by atoms with Crippen molar-refractivity contribution in [1.29, 1.82) is 0 Å². The van der Waals surface area contributed by atoms with Crippen LogP contribution in [0.25, 0.3) is 22.4 Å². The van der Waals surface area contributed by atoms with E-state index in [0.717, 1.165) is 0 Å². The zero-order valence-corrected chi connectivity index (χ0v) is 14.5. The second-order valence-corrected chi connectivity index (χ2v) is 7.34. The average Bonchev–Trinajstić information content (AvgIpc) is 2.99. The summed E-state index contributed by atoms with van der Waals surface area (Å²) in [6.07, 6.45) is -4.68. The van der Waals surface area contributed by atoms with Crippen molar-refractivity contribution in [1.82, 2.24) is 10.2 Å². The van der Waals surface area contributed by atoms with Gasteiger partial charge >= 0.3 is 6.18 Å². The number of aromatic nitrogens is 2. The van der Waals surface area contributed by atoms with Gasteiger partial charge in [-0.1, -0.05) is 41.9 Å². The molecule has 0 radical (unpaired) electrons. The van der Waals surface area contributed by atoms with Crippen LogP contribution in [0.1, 0.15) is 5.69 Å². The second kappa shape index (κ2) is 6.42. The summed E-state index contributed by atoms with van der Waals surface area (Å²) in [5.41, 5.74) is -0.839. The van der Waals surface area contributed by atoms with E-state index in [0.29, 0.717) is 0 Å². The lowest BCUT2D eigenvalue weighted by molar-refractivity contribution is -0.140. The normalized spacial score (nSPS) is 12.3. The van der Waals surface area contributed by atoms with E-state index in [4.69, 9.17) is 16.7 Å². The molecule has 0 amide bonds. The summed E-state index contributed by atoms with van der Waals surface area (Å²) >= 11 is 6.08. The third-order valence-corrected chi connectivity index (χ3v) is 4.91. The van der Waals surface area contributed by atoms with E-state index in [1.165, 1.54) is 36.4 Å². The molecule has 0 saturated heterocycles. The first-order valence-corrected chi connectivity index (χ1v) is 9.05. The van der Waals surface area contributed by atoms with Gasteiger partial charge in [-0.15, -0.1) is 0 Å². The minimum Gasteiger partial charge on any atom is -0.272 e. The highest BCUT2D eigenvalue weighted by Crippen LogP contribution is 2.43. The van der Waals surface area contributed by atoms with Crippen LogP contribution >= 0.6 is 11.6 Å². The molecule has 0 saturated carbocycles. The number of primary sulfonamides is 1. The summed E-state index contributed by atoms with van der Waals surface area (Å²) < 4.78 is 62.9. The highest BCUT2D eigenvalue weighted by molar-refractivity contribution is 7.89. The van der Waals surface area contributed by atoms with Gasteiger partial charge in [-0.3, -0.25) is 5.10 Å². The van der Waals surface area contributed by atoms with Crippen LogP contribution in [-0.4, -0.2) is 18.6 Å². The molecule has 3 N–H and O–H groups in total. The van der Waals surface area contributed by atoms with Crippen molar-refractivity contribution in [2.75, 3.05) is 0 Å². The Kier molecular flexibility index (Phi) is 4.55. The molecule has 3 aromatic rings. The topological polar surface area (TPSA) is 88.8 Å². The molecule has 0 unspecified atom stereocenters. The summed E-state index contributed by atoms with van der Waals surface area (Å²) in [5, 5.41) is 10.9. The maximum atomic E-state index is 13.4. The molecule has 0 aliphatic carbocycles. The molecule has 0 atom stereocenters. The third kappa shape index (κ3) is 3.46. The van der Waals surface area contributed by atoms with Crippen molar-refractivity contribution < 1.29 is 21.6 Å². The van der Waals surface area contributed by atoms with Gasteiger partial charge in [0, 0.05) is 21.7 Å². The molecule has 10 heteroatoms. The van der Waals surface area contributed by atoms with Gasteiger partial charge in [0.05, 0.1) is 4.90 Å². The highest BCUT2D eigenvalue weighted by Gasteiger charge is 2.38. The number of sulfonamides is 1. The molecule has 2 aromatic carbocycles. The summed E-state index contributed by atoms with van der Waals surface area (Å²) in [5.74, 6) is 0. The Labute approximate surface area is 151 Å². The number of benzene rings is 2. The Bertz CT molecular complexity index is 1060. The quantitative estimate of drug-likeness (QED) is 0.693. The van der Waals surface area contributed by atoms with Crippen molar-refractivity contribution in [2.24, 2.45) is 5.14 Å². The first-order chi connectivity index (χ1) is 12.1. The van der Waals surface area contributed by atoms with Gasteiger partial charge in [0.1, 0.15) is 11.4 Å². The first-order valence-electron chi connectivity index (χ1n) is 7.13. The molecule has 0 spiro atoms. The molecule has 0 bridgehead atoms. The van der Waals surface area contributed by atoms with Gasteiger partial charge in [-0.05, 0) is 18.2 Å². The molecular weight excluding hydrogens is 391 g/mol. The fraction of sp³-hybridized carbons (Fsp3) is 0.0625. The standard InChI is InChI=1S/C16H11ClF3N3O2S/c17-12-4-2-1-3-11(12)13-14(22-23-15(13)16(18,19)20)9-5-7-10(8-6-9)26(21,24)25/h1-8H,(H,22,23)(H2,21,24,25). The Balaban J connectivity index is 2.23. The fourth-order valence-electron chi connectivity index (χ4n) is 2.48. The van der Waals surface area contributed by atoms with E-state index in [1.807, 2.05) is 5.10 Å². The zero-order valence-electron chi connectivity index (χ0n) is 12.9. The van der Waals surface area contributed by atoms with Gasteiger partial charge < -0.3 is 0 Å². The Morgan fingerprint density at radius 3 is 2.19 bits per heavy atom. The predicted octanol–water partition coefficient (Wildman–Crippen LogP) is 4.06. The van der Waals surface area contributed by atoms with E-state index >= 15 is 0 Å². The number of rotatable bonds is 3. The van der Waals surface area contributed by atoms with Gasteiger partial charge in [0.2, 0.25) is 10.0 Å². The number of hydrogen-bond donors (Lipinski definition) is 2. The van der Waals surface area contributed by atoms with Crippen molar-refractivity contribution in [3.8, 4) is 22.4 Å². The van der Waals surface area contributed by atoms with Crippen molar-refractivity contribution in [3.05, 3.63) is 59.2 Å². The monoisotopic (exact) mass is 401 g/mol. The molecule has 136 valence electrons. The van der Waals surface area contributed by atoms with Crippen LogP contribution in [0.3, 0.4) is 0 Å². The number of nitrogens with two attached hydrogens (primary N) is 1. The van der Waals surface area contributed by atoms with Gasteiger partial charge in [0.25, 0.3) is 0 Å².